The van der Waals surface area contributed by atoms with Crippen molar-refractivity contribution in [1.29, 1.82) is 0 Å². The number of hydrogen-bond donors (Lipinski definition) is 1. The van der Waals surface area contributed by atoms with Gasteiger partial charge in [-0.05, 0) is 64.1 Å². The van der Waals surface area contributed by atoms with Gasteiger partial charge in [-0.3, -0.25) is 4.90 Å². The maximum atomic E-state index is 3.69. The van der Waals surface area contributed by atoms with Gasteiger partial charge in [0.05, 0.1) is 0 Å². The molecule has 0 aromatic rings. The topological polar surface area (TPSA) is 18.5 Å². The highest BCUT2D eigenvalue weighted by atomic mass is 15.3. The van der Waals surface area contributed by atoms with E-state index in [4.69, 9.17) is 0 Å². The van der Waals surface area contributed by atoms with Gasteiger partial charge < -0.3 is 10.2 Å². The Bertz CT molecular complexity index is 287. The number of nitrogens with one attached hydrogen (secondary N) is 1. The minimum Gasteiger partial charge on any atom is -0.313 e. The van der Waals surface area contributed by atoms with Gasteiger partial charge in [-0.1, -0.05) is 13.8 Å². The molecule has 3 rings (SSSR count). The molecular weight excluding hydrogens is 246 g/mol. The fraction of sp³-hybridized carbons (Fsp3) is 1.00. The Morgan fingerprint density at radius 2 is 1.75 bits per heavy atom. The summed E-state index contributed by atoms with van der Waals surface area (Å²) >= 11 is 0. The number of rotatable bonds is 6. The predicted molar refractivity (Wildman–Crippen MR) is 85.1 cm³/mol. The van der Waals surface area contributed by atoms with Crippen LogP contribution in [0.25, 0.3) is 0 Å². The summed E-state index contributed by atoms with van der Waals surface area (Å²) < 4.78 is 0. The van der Waals surface area contributed by atoms with Crippen molar-refractivity contribution in [2.24, 2.45) is 5.92 Å². The van der Waals surface area contributed by atoms with Crippen molar-refractivity contribution in [3.63, 3.8) is 0 Å². The van der Waals surface area contributed by atoms with E-state index in [0.29, 0.717) is 0 Å². The van der Waals surface area contributed by atoms with Crippen molar-refractivity contribution >= 4 is 0 Å². The molecule has 2 aliphatic heterocycles. The van der Waals surface area contributed by atoms with Crippen molar-refractivity contribution in [2.45, 2.75) is 70.5 Å². The Balaban J connectivity index is 1.48. The third-order valence-corrected chi connectivity index (χ3v) is 5.26. The summed E-state index contributed by atoms with van der Waals surface area (Å²) in [5.74, 6) is 0.814. The van der Waals surface area contributed by atoms with Crippen LogP contribution in [-0.4, -0.2) is 60.6 Å². The average Bonchev–Trinajstić information content (AvgIpc) is 3.14. The number of hydrogen-bond acceptors (Lipinski definition) is 3. The molecule has 2 saturated heterocycles. The Morgan fingerprint density at radius 1 is 1.05 bits per heavy atom. The fourth-order valence-corrected chi connectivity index (χ4v) is 4.12. The van der Waals surface area contributed by atoms with Gasteiger partial charge >= 0.3 is 0 Å². The summed E-state index contributed by atoms with van der Waals surface area (Å²) in [4.78, 5) is 5.57. The van der Waals surface area contributed by atoms with Gasteiger partial charge in [-0.15, -0.1) is 0 Å². The molecule has 116 valence electrons. The normalized spacial score (nSPS) is 29.7. The maximum Gasteiger partial charge on any atom is 0.0195 e. The molecule has 2 heterocycles. The minimum atomic E-state index is 0.782. The van der Waals surface area contributed by atoms with Crippen LogP contribution in [-0.2, 0) is 0 Å². The Hall–Kier alpha value is -0.120. The lowest BCUT2D eigenvalue weighted by Crippen LogP contribution is -2.50. The van der Waals surface area contributed by atoms with E-state index in [1.165, 1.54) is 71.2 Å². The summed E-state index contributed by atoms with van der Waals surface area (Å²) in [5, 5.41) is 3.69. The van der Waals surface area contributed by atoms with Crippen LogP contribution in [0.5, 0.6) is 0 Å². The van der Waals surface area contributed by atoms with Gasteiger partial charge in [-0.25, -0.2) is 0 Å². The summed E-state index contributed by atoms with van der Waals surface area (Å²) in [6, 6.07) is 2.58. The third kappa shape index (κ3) is 3.96. The zero-order valence-electron chi connectivity index (χ0n) is 13.5. The van der Waals surface area contributed by atoms with Gasteiger partial charge in [0, 0.05) is 31.2 Å². The van der Waals surface area contributed by atoms with Gasteiger partial charge in [0.2, 0.25) is 0 Å². The van der Waals surface area contributed by atoms with E-state index in [2.05, 4.69) is 29.0 Å². The largest absolute Gasteiger partial charge is 0.313 e. The monoisotopic (exact) mass is 279 g/mol. The van der Waals surface area contributed by atoms with Crippen LogP contribution in [0.4, 0.5) is 0 Å². The zero-order valence-corrected chi connectivity index (χ0v) is 13.5. The van der Waals surface area contributed by atoms with E-state index in [0.717, 1.165) is 24.0 Å². The molecule has 3 nitrogen and oxygen atoms in total. The van der Waals surface area contributed by atoms with Crippen LogP contribution >= 0.6 is 0 Å². The van der Waals surface area contributed by atoms with Crippen LogP contribution in [0.3, 0.4) is 0 Å². The number of likely N-dealkylation sites (tertiary alicyclic amines) is 1. The SMILES string of the molecule is CC(C)CN1CCC(N(CC2CCCN2)C2CC2)CC1. The van der Waals surface area contributed by atoms with Gasteiger partial charge in [0.25, 0.3) is 0 Å². The Labute approximate surface area is 125 Å². The lowest BCUT2D eigenvalue weighted by atomic mass is 10.0. The van der Waals surface area contributed by atoms with E-state index in [9.17, 15) is 0 Å². The standard InChI is InChI=1S/C17H33N3/c1-14(2)12-19-10-7-17(8-11-19)20(16-5-6-16)13-15-4-3-9-18-15/h14-18H,3-13H2,1-2H3. The van der Waals surface area contributed by atoms with E-state index >= 15 is 0 Å². The molecule has 1 atom stereocenters. The van der Waals surface area contributed by atoms with Crippen molar-refractivity contribution in [1.82, 2.24) is 15.1 Å². The van der Waals surface area contributed by atoms with Crippen molar-refractivity contribution in [3.8, 4) is 0 Å². The summed E-state index contributed by atoms with van der Waals surface area (Å²) in [7, 11) is 0. The maximum absolute atomic E-state index is 3.69. The molecule has 1 saturated carbocycles. The first-order valence-corrected chi connectivity index (χ1v) is 8.94. The van der Waals surface area contributed by atoms with Crippen molar-refractivity contribution in [3.05, 3.63) is 0 Å². The minimum absolute atomic E-state index is 0.782. The highest BCUT2D eigenvalue weighted by molar-refractivity contribution is 4.93. The predicted octanol–water partition coefficient (Wildman–Crippen LogP) is 2.32. The molecule has 0 aromatic carbocycles. The van der Waals surface area contributed by atoms with Crippen LogP contribution in [0.15, 0.2) is 0 Å². The van der Waals surface area contributed by atoms with E-state index in [-0.39, 0.29) is 0 Å². The molecule has 3 fully saturated rings. The summed E-state index contributed by atoms with van der Waals surface area (Å²) in [6.45, 7) is 11.2. The second kappa shape index (κ2) is 6.76. The van der Waals surface area contributed by atoms with Crippen molar-refractivity contribution < 1.29 is 0 Å². The molecule has 1 N–H and O–H groups in total. The summed E-state index contributed by atoms with van der Waals surface area (Å²) in [6.07, 6.45) is 8.50. The third-order valence-electron chi connectivity index (χ3n) is 5.26. The van der Waals surface area contributed by atoms with E-state index < -0.39 is 0 Å². The highest BCUT2D eigenvalue weighted by Crippen LogP contribution is 2.32. The highest BCUT2D eigenvalue weighted by Gasteiger charge is 2.36. The Kier molecular flexibility index (Phi) is 5.00. The van der Waals surface area contributed by atoms with E-state index in [1.54, 1.807) is 0 Å². The molecular formula is C17H33N3. The average molecular weight is 279 g/mol. The first-order valence-electron chi connectivity index (χ1n) is 8.94. The molecule has 20 heavy (non-hydrogen) atoms. The second-order valence-electron chi connectivity index (χ2n) is 7.65. The van der Waals surface area contributed by atoms with Crippen LogP contribution in [0.1, 0.15) is 52.4 Å². The molecule has 0 aromatic heterocycles. The first-order chi connectivity index (χ1) is 9.72. The van der Waals surface area contributed by atoms with E-state index in [1.807, 2.05) is 0 Å². The molecule has 0 bridgehead atoms. The first kappa shape index (κ1) is 14.8. The smallest absolute Gasteiger partial charge is 0.0195 e. The quantitative estimate of drug-likeness (QED) is 0.805. The lowest BCUT2D eigenvalue weighted by molar-refractivity contribution is 0.0897. The molecule has 0 radical (unpaired) electrons. The number of piperidine rings is 1. The Morgan fingerprint density at radius 3 is 2.30 bits per heavy atom. The second-order valence-corrected chi connectivity index (χ2v) is 7.65. The fourth-order valence-electron chi connectivity index (χ4n) is 4.12. The molecule has 1 aliphatic carbocycles. The molecule has 1 unspecified atom stereocenters. The van der Waals surface area contributed by atoms with Crippen molar-refractivity contribution in [2.75, 3.05) is 32.7 Å². The van der Waals surface area contributed by atoms with Crippen LogP contribution in [0.2, 0.25) is 0 Å². The van der Waals surface area contributed by atoms with Gasteiger partial charge in [0.15, 0.2) is 0 Å². The number of nitrogens with zero attached hydrogens (tertiary/aromatic N) is 2. The molecule has 3 aliphatic rings. The molecule has 0 amide bonds. The summed E-state index contributed by atoms with van der Waals surface area (Å²) in [5.41, 5.74) is 0. The van der Waals surface area contributed by atoms with Crippen LogP contribution in [0, 0.1) is 5.92 Å². The van der Waals surface area contributed by atoms with Gasteiger partial charge in [0.1, 0.15) is 0 Å². The van der Waals surface area contributed by atoms with Crippen LogP contribution < -0.4 is 5.32 Å². The molecule has 3 heteroatoms. The zero-order chi connectivity index (χ0) is 13.9. The molecule has 0 spiro atoms. The van der Waals surface area contributed by atoms with Gasteiger partial charge in [-0.2, -0.15) is 0 Å². The lowest BCUT2D eigenvalue weighted by Gasteiger charge is -2.40.